The van der Waals surface area contributed by atoms with Crippen molar-refractivity contribution >= 4 is 11.9 Å². The Hall–Kier alpha value is -1.14. The normalized spacial score (nSPS) is 23.2. The number of hydrogen-bond acceptors (Lipinski definition) is 4. The zero-order valence-electron chi connectivity index (χ0n) is 11.1. The van der Waals surface area contributed by atoms with Gasteiger partial charge in [0.2, 0.25) is 5.91 Å². The van der Waals surface area contributed by atoms with Crippen molar-refractivity contribution in [2.24, 2.45) is 0 Å². The second-order valence-corrected chi connectivity index (χ2v) is 5.41. The summed E-state index contributed by atoms with van der Waals surface area (Å²) < 4.78 is 5.17. The standard InChI is InChI=1S/C13H22N2O4/c16-11(9-14-10-3-1-2-4-10)15-13(12(17)18)5-7-19-8-6-13/h10,14H,1-9H2,(H,15,16)(H,17,18). The molecule has 1 aliphatic carbocycles. The van der Waals surface area contributed by atoms with Crippen molar-refractivity contribution in [3.8, 4) is 0 Å². The molecule has 2 fully saturated rings. The van der Waals surface area contributed by atoms with E-state index >= 15 is 0 Å². The molecule has 6 nitrogen and oxygen atoms in total. The van der Waals surface area contributed by atoms with Crippen molar-refractivity contribution in [1.82, 2.24) is 10.6 Å². The van der Waals surface area contributed by atoms with Gasteiger partial charge in [0.15, 0.2) is 0 Å². The molecule has 0 atom stereocenters. The molecule has 1 saturated heterocycles. The average Bonchev–Trinajstić information content (AvgIpc) is 2.90. The third-order valence-electron chi connectivity index (χ3n) is 4.04. The second-order valence-electron chi connectivity index (χ2n) is 5.41. The summed E-state index contributed by atoms with van der Waals surface area (Å²) in [4.78, 5) is 23.3. The van der Waals surface area contributed by atoms with Crippen molar-refractivity contribution in [2.75, 3.05) is 19.8 Å². The highest BCUT2D eigenvalue weighted by Gasteiger charge is 2.41. The van der Waals surface area contributed by atoms with E-state index in [0.717, 1.165) is 12.8 Å². The first-order chi connectivity index (χ1) is 9.12. The Balaban J connectivity index is 1.82. The van der Waals surface area contributed by atoms with Crippen LogP contribution in [0.4, 0.5) is 0 Å². The lowest BCUT2D eigenvalue weighted by atomic mass is 9.90. The predicted octanol–water partition coefficient (Wildman–Crippen LogP) is 0.269. The Morgan fingerprint density at radius 1 is 1.21 bits per heavy atom. The lowest BCUT2D eigenvalue weighted by molar-refractivity contribution is -0.152. The number of carbonyl (C=O) groups is 2. The third kappa shape index (κ3) is 3.67. The Labute approximate surface area is 112 Å². The molecule has 108 valence electrons. The number of carbonyl (C=O) groups excluding carboxylic acids is 1. The maximum absolute atomic E-state index is 11.9. The van der Waals surface area contributed by atoms with Gasteiger partial charge >= 0.3 is 5.97 Å². The van der Waals surface area contributed by atoms with Crippen LogP contribution in [0.2, 0.25) is 0 Å². The van der Waals surface area contributed by atoms with Crippen LogP contribution in [0.5, 0.6) is 0 Å². The molecule has 2 aliphatic rings. The minimum atomic E-state index is -1.15. The molecular weight excluding hydrogens is 248 g/mol. The summed E-state index contributed by atoms with van der Waals surface area (Å²) in [5, 5.41) is 15.2. The van der Waals surface area contributed by atoms with Gasteiger partial charge in [0.05, 0.1) is 6.54 Å². The largest absolute Gasteiger partial charge is 0.480 e. The van der Waals surface area contributed by atoms with Gasteiger partial charge in [-0.3, -0.25) is 4.79 Å². The molecule has 6 heteroatoms. The van der Waals surface area contributed by atoms with Crippen LogP contribution in [-0.2, 0) is 14.3 Å². The molecule has 0 radical (unpaired) electrons. The van der Waals surface area contributed by atoms with Gasteiger partial charge in [-0.2, -0.15) is 0 Å². The number of rotatable bonds is 5. The van der Waals surface area contributed by atoms with E-state index in [1.54, 1.807) is 0 Å². The van der Waals surface area contributed by atoms with E-state index in [4.69, 9.17) is 4.74 Å². The maximum atomic E-state index is 11.9. The number of carboxylic acids is 1. The van der Waals surface area contributed by atoms with Gasteiger partial charge < -0.3 is 20.5 Å². The Kier molecular flexibility index (Phi) is 4.76. The topological polar surface area (TPSA) is 87.7 Å². The monoisotopic (exact) mass is 270 g/mol. The van der Waals surface area contributed by atoms with Gasteiger partial charge in [-0.05, 0) is 12.8 Å². The van der Waals surface area contributed by atoms with E-state index in [1.165, 1.54) is 12.8 Å². The van der Waals surface area contributed by atoms with Gasteiger partial charge in [0.1, 0.15) is 5.54 Å². The van der Waals surface area contributed by atoms with E-state index in [1.807, 2.05) is 0 Å². The number of hydrogen-bond donors (Lipinski definition) is 3. The average molecular weight is 270 g/mol. The molecule has 0 bridgehead atoms. The SMILES string of the molecule is O=C(CNC1CCCC1)NC1(C(=O)O)CCOCC1. The number of aliphatic carboxylic acids is 1. The smallest absolute Gasteiger partial charge is 0.329 e. The Bertz CT molecular complexity index is 334. The van der Waals surface area contributed by atoms with Gasteiger partial charge in [-0.1, -0.05) is 12.8 Å². The summed E-state index contributed by atoms with van der Waals surface area (Å²) in [6.07, 6.45) is 5.27. The van der Waals surface area contributed by atoms with E-state index in [2.05, 4.69) is 10.6 Å². The molecule has 1 heterocycles. The molecule has 0 unspecified atom stereocenters. The van der Waals surface area contributed by atoms with Gasteiger partial charge in [-0.25, -0.2) is 4.79 Å². The number of nitrogens with one attached hydrogen (secondary N) is 2. The lowest BCUT2D eigenvalue weighted by Gasteiger charge is -2.34. The quantitative estimate of drug-likeness (QED) is 0.667. The highest BCUT2D eigenvalue weighted by Crippen LogP contribution is 2.21. The zero-order chi connectivity index (χ0) is 13.7. The van der Waals surface area contributed by atoms with E-state index in [9.17, 15) is 14.7 Å². The maximum Gasteiger partial charge on any atom is 0.329 e. The van der Waals surface area contributed by atoms with Crippen LogP contribution in [-0.4, -0.2) is 48.3 Å². The molecule has 0 spiro atoms. The molecule has 0 aromatic heterocycles. The number of ether oxygens (including phenoxy) is 1. The molecule has 19 heavy (non-hydrogen) atoms. The summed E-state index contributed by atoms with van der Waals surface area (Å²) in [6, 6.07) is 0.404. The van der Waals surface area contributed by atoms with Crippen molar-refractivity contribution in [2.45, 2.75) is 50.1 Å². The minimum absolute atomic E-state index is 0.195. The first-order valence-electron chi connectivity index (χ1n) is 6.98. The van der Waals surface area contributed by atoms with Crippen LogP contribution < -0.4 is 10.6 Å². The predicted molar refractivity (Wildman–Crippen MR) is 68.8 cm³/mol. The molecule has 0 aromatic rings. The summed E-state index contributed by atoms with van der Waals surface area (Å²) >= 11 is 0. The summed E-state index contributed by atoms with van der Waals surface area (Å²) in [7, 11) is 0. The molecule has 1 amide bonds. The highest BCUT2D eigenvalue weighted by molar-refractivity contribution is 5.88. The zero-order valence-corrected chi connectivity index (χ0v) is 11.1. The van der Waals surface area contributed by atoms with Crippen molar-refractivity contribution < 1.29 is 19.4 Å². The fraction of sp³-hybridized carbons (Fsp3) is 0.846. The van der Waals surface area contributed by atoms with E-state index in [-0.39, 0.29) is 12.5 Å². The first kappa shape index (κ1) is 14.3. The van der Waals surface area contributed by atoms with Crippen molar-refractivity contribution in [1.29, 1.82) is 0 Å². The summed E-state index contributed by atoms with van der Waals surface area (Å²) in [5.74, 6) is -1.21. The van der Waals surface area contributed by atoms with Gasteiger partial charge in [-0.15, -0.1) is 0 Å². The molecule has 1 saturated carbocycles. The number of amides is 1. The van der Waals surface area contributed by atoms with E-state index in [0.29, 0.717) is 32.1 Å². The number of carboxylic acid groups (broad SMARTS) is 1. The first-order valence-corrected chi connectivity index (χ1v) is 6.98. The highest BCUT2D eigenvalue weighted by atomic mass is 16.5. The van der Waals surface area contributed by atoms with Gasteiger partial charge in [0, 0.05) is 32.1 Å². The van der Waals surface area contributed by atoms with Crippen LogP contribution in [0.25, 0.3) is 0 Å². The summed E-state index contributed by atoms with van der Waals surface area (Å²) in [5.41, 5.74) is -1.15. The van der Waals surface area contributed by atoms with Crippen molar-refractivity contribution in [3.63, 3.8) is 0 Å². The van der Waals surface area contributed by atoms with Crippen LogP contribution in [0.1, 0.15) is 38.5 Å². The minimum Gasteiger partial charge on any atom is -0.480 e. The Morgan fingerprint density at radius 3 is 2.42 bits per heavy atom. The molecular formula is C13H22N2O4. The van der Waals surface area contributed by atoms with Crippen LogP contribution in [0.3, 0.4) is 0 Å². The fourth-order valence-corrected chi connectivity index (χ4v) is 2.79. The molecule has 2 rings (SSSR count). The van der Waals surface area contributed by atoms with Crippen LogP contribution in [0.15, 0.2) is 0 Å². The fourth-order valence-electron chi connectivity index (χ4n) is 2.79. The summed E-state index contributed by atoms with van der Waals surface area (Å²) in [6.45, 7) is 0.950. The Morgan fingerprint density at radius 2 is 1.84 bits per heavy atom. The molecule has 1 aliphatic heterocycles. The third-order valence-corrected chi connectivity index (χ3v) is 4.04. The lowest BCUT2D eigenvalue weighted by Crippen LogP contribution is -2.59. The van der Waals surface area contributed by atoms with Gasteiger partial charge in [0.25, 0.3) is 0 Å². The molecule has 0 aromatic carbocycles. The van der Waals surface area contributed by atoms with Crippen LogP contribution in [0, 0.1) is 0 Å². The van der Waals surface area contributed by atoms with Crippen molar-refractivity contribution in [3.05, 3.63) is 0 Å². The van der Waals surface area contributed by atoms with Crippen LogP contribution >= 0.6 is 0 Å². The molecule has 3 N–H and O–H groups in total. The van der Waals surface area contributed by atoms with E-state index < -0.39 is 11.5 Å². The second kappa shape index (κ2) is 6.34.